The monoisotopic (exact) mass is 246 g/mol. The van der Waals surface area contributed by atoms with Crippen LogP contribution >= 0.6 is 0 Å². The molecule has 0 heterocycles. The third-order valence-corrected chi connectivity index (χ3v) is 2.94. The molecule has 0 bridgehead atoms. The second-order valence-electron chi connectivity index (χ2n) is 4.28. The fourth-order valence-electron chi connectivity index (χ4n) is 2.03. The number of ether oxygens (including phenoxy) is 1. The van der Waals surface area contributed by atoms with Crippen LogP contribution in [0.2, 0.25) is 0 Å². The molecular formula is C18H14O. The van der Waals surface area contributed by atoms with Crippen LogP contribution in [0.4, 0.5) is 0 Å². The van der Waals surface area contributed by atoms with Crippen molar-refractivity contribution >= 4 is 0 Å². The normalized spacial score (nSPS) is 10.1. The molecule has 92 valence electrons. The van der Waals surface area contributed by atoms with Gasteiger partial charge in [-0.3, -0.25) is 0 Å². The van der Waals surface area contributed by atoms with Gasteiger partial charge >= 0.3 is 0 Å². The summed E-state index contributed by atoms with van der Waals surface area (Å²) in [5.74, 6) is 1.73. The maximum atomic E-state index is 5.96. The summed E-state index contributed by atoms with van der Waals surface area (Å²) in [6.45, 7) is 0. The van der Waals surface area contributed by atoms with E-state index < -0.39 is 0 Å². The largest absolute Gasteiger partial charge is 0.457 e. The Kier molecular flexibility index (Phi) is 3.28. The number of hydrogen-bond donors (Lipinski definition) is 0. The third kappa shape index (κ3) is 2.66. The van der Waals surface area contributed by atoms with Gasteiger partial charge in [0.1, 0.15) is 11.5 Å². The quantitative estimate of drug-likeness (QED) is 0.621. The van der Waals surface area contributed by atoms with Crippen molar-refractivity contribution < 1.29 is 4.74 Å². The van der Waals surface area contributed by atoms with E-state index in [2.05, 4.69) is 18.2 Å². The topological polar surface area (TPSA) is 9.23 Å². The zero-order valence-corrected chi connectivity index (χ0v) is 10.5. The van der Waals surface area contributed by atoms with Gasteiger partial charge in [-0.25, -0.2) is 0 Å². The molecule has 1 heteroatoms. The van der Waals surface area contributed by atoms with E-state index in [1.807, 2.05) is 66.7 Å². The van der Waals surface area contributed by atoms with E-state index in [1.165, 1.54) is 0 Å². The van der Waals surface area contributed by atoms with Crippen molar-refractivity contribution in [2.75, 3.05) is 0 Å². The lowest BCUT2D eigenvalue weighted by molar-refractivity contribution is 0.484. The first kappa shape index (κ1) is 11.5. The molecule has 0 atom stereocenters. The number of hydrogen-bond acceptors (Lipinski definition) is 1. The SMILES string of the molecule is c1ccc(Oc2ccccc2-c2ccccc2)cc1. The Balaban J connectivity index is 1.99. The minimum absolute atomic E-state index is 0.853. The molecule has 1 nitrogen and oxygen atoms in total. The highest BCUT2D eigenvalue weighted by Gasteiger charge is 2.05. The lowest BCUT2D eigenvalue weighted by atomic mass is 10.1. The van der Waals surface area contributed by atoms with Gasteiger partial charge in [-0.1, -0.05) is 66.7 Å². The molecule has 3 aromatic carbocycles. The summed E-state index contributed by atoms with van der Waals surface area (Å²) in [6, 6.07) is 28.2. The molecule has 0 fully saturated rings. The van der Waals surface area contributed by atoms with Crippen LogP contribution in [0.3, 0.4) is 0 Å². The van der Waals surface area contributed by atoms with E-state index in [4.69, 9.17) is 4.74 Å². The average molecular weight is 246 g/mol. The van der Waals surface area contributed by atoms with E-state index in [0.717, 1.165) is 22.6 Å². The van der Waals surface area contributed by atoms with Crippen LogP contribution in [0.15, 0.2) is 84.9 Å². The Labute approximate surface area is 113 Å². The summed E-state index contributed by atoms with van der Waals surface area (Å²) in [6.07, 6.45) is 0. The van der Waals surface area contributed by atoms with Gasteiger partial charge in [-0.2, -0.15) is 0 Å². The van der Waals surface area contributed by atoms with E-state index in [9.17, 15) is 0 Å². The van der Waals surface area contributed by atoms with Crippen molar-refractivity contribution in [2.45, 2.75) is 0 Å². The predicted molar refractivity (Wildman–Crippen MR) is 78.4 cm³/mol. The smallest absolute Gasteiger partial charge is 0.135 e. The van der Waals surface area contributed by atoms with Crippen molar-refractivity contribution in [1.29, 1.82) is 0 Å². The Morgan fingerprint density at radius 3 is 1.84 bits per heavy atom. The van der Waals surface area contributed by atoms with Crippen molar-refractivity contribution in [1.82, 2.24) is 0 Å². The lowest BCUT2D eigenvalue weighted by Gasteiger charge is -2.11. The molecule has 0 unspecified atom stereocenters. The third-order valence-electron chi connectivity index (χ3n) is 2.94. The maximum absolute atomic E-state index is 5.96. The standard InChI is InChI=1S/C18H14O/c1-3-9-15(10-4-1)17-13-7-8-14-18(17)19-16-11-5-2-6-12-16/h1-14H. The Bertz CT molecular complexity index is 645. The van der Waals surface area contributed by atoms with E-state index >= 15 is 0 Å². The highest BCUT2D eigenvalue weighted by Crippen LogP contribution is 2.32. The zero-order chi connectivity index (χ0) is 12.9. The van der Waals surface area contributed by atoms with Gasteiger partial charge in [0.05, 0.1) is 0 Å². The van der Waals surface area contributed by atoms with Gasteiger partial charge in [0.2, 0.25) is 0 Å². The molecule has 3 rings (SSSR count). The van der Waals surface area contributed by atoms with Gasteiger partial charge in [0.25, 0.3) is 0 Å². The van der Waals surface area contributed by atoms with Crippen LogP contribution in [0, 0.1) is 0 Å². The Hall–Kier alpha value is -2.54. The summed E-state index contributed by atoms with van der Waals surface area (Å²) in [5, 5.41) is 0. The van der Waals surface area contributed by atoms with E-state index in [1.54, 1.807) is 0 Å². The molecule has 0 N–H and O–H groups in total. The Morgan fingerprint density at radius 2 is 1.11 bits per heavy atom. The zero-order valence-electron chi connectivity index (χ0n) is 10.5. The van der Waals surface area contributed by atoms with Crippen LogP contribution in [0.5, 0.6) is 11.5 Å². The molecule has 0 saturated carbocycles. The average Bonchev–Trinajstić information content (AvgIpc) is 2.50. The lowest BCUT2D eigenvalue weighted by Crippen LogP contribution is -1.87. The summed E-state index contributed by atoms with van der Waals surface area (Å²) < 4.78 is 5.96. The fraction of sp³-hybridized carbons (Fsp3) is 0. The van der Waals surface area contributed by atoms with Gasteiger partial charge < -0.3 is 4.74 Å². The van der Waals surface area contributed by atoms with Crippen LogP contribution in [0.25, 0.3) is 11.1 Å². The van der Waals surface area contributed by atoms with Crippen LogP contribution in [-0.4, -0.2) is 0 Å². The minimum Gasteiger partial charge on any atom is -0.457 e. The van der Waals surface area contributed by atoms with Crippen molar-refractivity contribution in [3.8, 4) is 22.6 Å². The second kappa shape index (κ2) is 5.40. The second-order valence-corrected chi connectivity index (χ2v) is 4.28. The number of benzene rings is 3. The highest BCUT2D eigenvalue weighted by atomic mass is 16.5. The summed E-state index contributed by atoms with van der Waals surface area (Å²) in [4.78, 5) is 0. The van der Waals surface area contributed by atoms with E-state index in [-0.39, 0.29) is 0 Å². The summed E-state index contributed by atoms with van der Waals surface area (Å²) in [5.41, 5.74) is 2.26. The molecule has 0 radical (unpaired) electrons. The van der Waals surface area contributed by atoms with Crippen LogP contribution in [0.1, 0.15) is 0 Å². The van der Waals surface area contributed by atoms with Gasteiger partial charge in [-0.15, -0.1) is 0 Å². The molecule has 0 aromatic heterocycles. The summed E-state index contributed by atoms with van der Waals surface area (Å²) in [7, 11) is 0. The molecule has 0 spiro atoms. The first-order chi connectivity index (χ1) is 9.43. The molecular weight excluding hydrogens is 232 g/mol. The Morgan fingerprint density at radius 1 is 0.526 bits per heavy atom. The van der Waals surface area contributed by atoms with Crippen LogP contribution in [-0.2, 0) is 0 Å². The molecule has 0 aliphatic heterocycles. The van der Waals surface area contributed by atoms with Gasteiger partial charge in [0, 0.05) is 5.56 Å². The first-order valence-electron chi connectivity index (χ1n) is 6.31. The van der Waals surface area contributed by atoms with Crippen molar-refractivity contribution in [3.05, 3.63) is 84.9 Å². The minimum atomic E-state index is 0.853. The molecule has 0 aliphatic rings. The van der Waals surface area contributed by atoms with Crippen molar-refractivity contribution in [2.24, 2.45) is 0 Å². The first-order valence-corrected chi connectivity index (χ1v) is 6.31. The molecule has 0 amide bonds. The number of para-hydroxylation sites is 2. The summed E-state index contributed by atoms with van der Waals surface area (Å²) >= 11 is 0. The van der Waals surface area contributed by atoms with Gasteiger partial charge in [-0.05, 0) is 23.8 Å². The molecule has 0 saturated heterocycles. The van der Waals surface area contributed by atoms with E-state index in [0.29, 0.717) is 0 Å². The highest BCUT2D eigenvalue weighted by molar-refractivity contribution is 5.70. The molecule has 19 heavy (non-hydrogen) atoms. The van der Waals surface area contributed by atoms with Crippen molar-refractivity contribution in [3.63, 3.8) is 0 Å². The predicted octanol–water partition coefficient (Wildman–Crippen LogP) is 5.15. The van der Waals surface area contributed by atoms with Crippen LogP contribution < -0.4 is 4.74 Å². The number of rotatable bonds is 3. The maximum Gasteiger partial charge on any atom is 0.135 e. The fourth-order valence-corrected chi connectivity index (χ4v) is 2.03. The molecule has 0 aliphatic carbocycles. The molecule has 3 aromatic rings. The van der Waals surface area contributed by atoms with Gasteiger partial charge in [0.15, 0.2) is 0 Å².